The van der Waals surface area contributed by atoms with Crippen molar-refractivity contribution in [2.75, 3.05) is 20.3 Å². The topological polar surface area (TPSA) is 76.9 Å². The lowest BCUT2D eigenvalue weighted by Gasteiger charge is -2.56. The van der Waals surface area contributed by atoms with Gasteiger partial charge in [0.1, 0.15) is 5.75 Å². The first-order valence-electron chi connectivity index (χ1n) is 7.93. The van der Waals surface area contributed by atoms with Crippen molar-refractivity contribution >= 4 is 23.0 Å². The molecule has 8 heteroatoms. The maximum Gasteiger partial charge on any atom is 0.270 e. The van der Waals surface area contributed by atoms with Crippen LogP contribution in [-0.2, 0) is 4.74 Å². The van der Waals surface area contributed by atoms with Crippen molar-refractivity contribution in [3.8, 4) is 5.75 Å². The molecular formula is C16H21N3O4S. The quantitative estimate of drug-likeness (QED) is 0.378. The second-order valence-corrected chi connectivity index (χ2v) is 6.74. The molecule has 24 heavy (non-hydrogen) atoms. The van der Waals surface area contributed by atoms with E-state index in [1.54, 1.807) is 19.2 Å². The summed E-state index contributed by atoms with van der Waals surface area (Å²) in [4.78, 5) is 12.7. The van der Waals surface area contributed by atoms with Crippen molar-refractivity contribution in [2.24, 2.45) is 5.92 Å². The van der Waals surface area contributed by atoms with Crippen LogP contribution in [-0.4, -0.2) is 40.9 Å². The van der Waals surface area contributed by atoms with Gasteiger partial charge >= 0.3 is 0 Å². The molecule has 2 heterocycles. The molecule has 1 aromatic rings. The van der Waals surface area contributed by atoms with Gasteiger partial charge in [0.15, 0.2) is 10.8 Å². The van der Waals surface area contributed by atoms with Crippen LogP contribution in [0.15, 0.2) is 18.2 Å². The van der Waals surface area contributed by atoms with Crippen LogP contribution >= 0.6 is 12.2 Å². The minimum absolute atomic E-state index is 0.0587. The van der Waals surface area contributed by atoms with Crippen LogP contribution in [0.4, 0.5) is 5.69 Å². The average Bonchev–Trinajstić information content (AvgIpc) is 2.53. The number of rotatable bonds is 5. The first-order chi connectivity index (χ1) is 11.4. The molecule has 0 aliphatic carbocycles. The molecular weight excluding hydrogens is 330 g/mol. The van der Waals surface area contributed by atoms with Gasteiger partial charge in [0.25, 0.3) is 5.69 Å². The zero-order chi connectivity index (χ0) is 17.5. The van der Waals surface area contributed by atoms with Crippen LogP contribution in [0.2, 0.25) is 0 Å². The first-order valence-corrected chi connectivity index (χ1v) is 8.33. The highest BCUT2D eigenvalue weighted by molar-refractivity contribution is 7.80. The van der Waals surface area contributed by atoms with Crippen molar-refractivity contribution in [1.29, 1.82) is 0 Å². The van der Waals surface area contributed by atoms with Gasteiger partial charge in [0.05, 0.1) is 11.0 Å². The maximum absolute atomic E-state index is 11.1. The Labute approximate surface area is 146 Å². The molecule has 2 aliphatic rings. The summed E-state index contributed by atoms with van der Waals surface area (Å²) in [5, 5.41) is 15.0. The second-order valence-electron chi connectivity index (χ2n) is 6.35. The molecule has 0 spiro atoms. The predicted molar refractivity (Wildman–Crippen MR) is 93.0 cm³/mol. The number of hydrogen-bond acceptors (Lipinski definition) is 5. The number of nitro groups is 1. The lowest BCUT2D eigenvalue weighted by Crippen LogP contribution is -2.69. The highest BCUT2D eigenvalue weighted by Gasteiger charge is 2.53. The molecule has 2 aliphatic heterocycles. The Balaban J connectivity index is 1.97. The van der Waals surface area contributed by atoms with E-state index in [4.69, 9.17) is 21.7 Å². The fourth-order valence-corrected chi connectivity index (χ4v) is 3.89. The van der Waals surface area contributed by atoms with Crippen molar-refractivity contribution in [1.82, 2.24) is 10.2 Å². The summed E-state index contributed by atoms with van der Waals surface area (Å²) in [6, 6.07) is 4.62. The van der Waals surface area contributed by atoms with E-state index in [-0.39, 0.29) is 17.6 Å². The molecule has 1 aromatic carbocycles. The number of non-ortho nitro benzene ring substituents is 1. The molecule has 0 unspecified atom stereocenters. The highest BCUT2D eigenvalue weighted by Crippen LogP contribution is 2.48. The Morgan fingerprint density at radius 1 is 1.54 bits per heavy atom. The average molecular weight is 351 g/mol. The molecule has 0 saturated carbocycles. The lowest BCUT2D eigenvalue weighted by molar-refractivity contribution is -0.385. The van der Waals surface area contributed by atoms with Gasteiger partial charge in [-0.2, -0.15) is 0 Å². The molecule has 2 bridgehead atoms. The molecule has 0 radical (unpaired) electrons. The Morgan fingerprint density at radius 2 is 2.29 bits per heavy atom. The summed E-state index contributed by atoms with van der Waals surface area (Å²) in [6.07, 6.45) is 0.835. The number of methoxy groups -OCH3 is 1. The largest absolute Gasteiger partial charge is 0.467 e. The SMILES string of the molecule is COCCCN1C(=S)N[C@H]2c3cc([N+](=O)[O-])ccc3O[C@@]1(C)[C@H]2C. The van der Waals surface area contributed by atoms with E-state index in [9.17, 15) is 10.1 Å². The van der Waals surface area contributed by atoms with Gasteiger partial charge < -0.3 is 19.7 Å². The predicted octanol–water partition coefficient (Wildman–Crippen LogP) is 2.61. The van der Waals surface area contributed by atoms with Gasteiger partial charge in [0.2, 0.25) is 0 Å². The van der Waals surface area contributed by atoms with Gasteiger partial charge in [-0.1, -0.05) is 6.92 Å². The minimum atomic E-state index is -0.593. The summed E-state index contributed by atoms with van der Waals surface area (Å²) in [5.41, 5.74) is 0.251. The van der Waals surface area contributed by atoms with Crippen molar-refractivity contribution < 1.29 is 14.4 Å². The number of nitro benzene ring substituents is 1. The Hall–Kier alpha value is -1.93. The van der Waals surface area contributed by atoms with Gasteiger partial charge in [-0.25, -0.2) is 0 Å². The third-order valence-corrected chi connectivity index (χ3v) is 5.33. The van der Waals surface area contributed by atoms with E-state index in [1.807, 2.05) is 11.8 Å². The number of nitrogens with zero attached hydrogens (tertiary/aromatic N) is 2. The van der Waals surface area contributed by atoms with Gasteiger partial charge in [0, 0.05) is 43.9 Å². The van der Waals surface area contributed by atoms with Gasteiger partial charge in [-0.15, -0.1) is 0 Å². The monoisotopic (exact) mass is 351 g/mol. The van der Waals surface area contributed by atoms with Crippen LogP contribution in [0.25, 0.3) is 0 Å². The smallest absolute Gasteiger partial charge is 0.270 e. The normalized spacial score (nSPS) is 28.0. The number of thiocarbonyl (C=S) groups is 1. The fraction of sp³-hybridized carbons (Fsp3) is 0.562. The molecule has 7 nitrogen and oxygen atoms in total. The van der Waals surface area contributed by atoms with E-state index in [0.717, 1.165) is 18.5 Å². The highest BCUT2D eigenvalue weighted by atomic mass is 32.1. The van der Waals surface area contributed by atoms with Gasteiger partial charge in [-0.05, 0) is 31.6 Å². The van der Waals surface area contributed by atoms with Crippen LogP contribution < -0.4 is 10.1 Å². The summed E-state index contributed by atoms with van der Waals surface area (Å²) in [5.74, 6) is 0.735. The van der Waals surface area contributed by atoms with Crippen molar-refractivity contribution in [3.05, 3.63) is 33.9 Å². The fourth-order valence-electron chi connectivity index (χ4n) is 3.49. The Kier molecular flexibility index (Phi) is 4.35. The van der Waals surface area contributed by atoms with E-state index >= 15 is 0 Å². The Morgan fingerprint density at radius 3 is 2.96 bits per heavy atom. The number of benzene rings is 1. The molecule has 0 amide bonds. The second kappa shape index (κ2) is 6.18. The van der Waals surface area contributed by atoms with Crippen LogP contribution in [0, 0.1) is 16.0 Å². The zero-order valence-corrected chi connectivity index (χ0v) is 14.8. The van der Waals surface area contributed by atoms with Crippen molar-refractivity contribution in [3.63, 3.8) is 0 Å². The van der Waals surface area contributed by atoms with Crippen LogP contribution in [0.1, 0.15) is 31.9 Å². The summed E-state index contributed by atoms with van der Waals surface area (Å²) < 4.78 is 11.4. The van der Waals surface area contributed by atoms with Crippen LogP contribution in [0.5, 0.6) is 5.75 Å². The van der Waals surface area contributed by atoms with E-state index in [1.165, 1.54) is 6.07 Å². The van der Waals surface area contributed by atoms with E-state index < -0.39 is 10.6 Å². The molecule has 3 rings (SSSR count). The molecule has 1 saturated heterocycles. The maximum atomic E-state index is 11.1. The molecule has 3 atom stereocenters. The number of nitrogens with one attached hydrogen (secondary N) is 1. The summed E-state index contributed by atoms with van der Waals surface area (Å²) in [6.45, 7) is 5.46. The molecule has 1 fully saturated rings. The molecule has 0 aromatic heterocycles. The van der Waals surface area contributed by atoms with E-state index in [2.05, 4.69) is 12.2 Å². The summed E-state index contributed by atoms with van der Waals surface area (Å²) in [7, 11) is 1.67. The first kappa shape index (κ1) is 16.9. The zero-order valence-electron chi connectivity index (χ0n) is 13.9. The minimum Gasteiger partial charge on any atom is -0.467 e. The number of ether oxygens (including phenoxy) is 2. The van der Waals surface area contributed by atoms with Crippen molar-refractivity contribution in [2.45, 2.75) is 32.0 Å². The lowest BCUT2D eigenvalue weighted by atomic mass is 9.80. The van der Waals surface area contributed by atoms with E-state index in [0.29, 0.717) is 17.5 Å². The number of hydrogen-bond donors (Lipinski definition) is 1. The third-order valence-electron chi connectivity index (χ3n) is 4.99. The van der Waals surface area contributed by atoms with Crippen LogP contribution in [0.3, 0.4) is 0 Å². The van der Waals surface area contributed by atoms with Gasteiger partial charge in [-0.3, -0.25) is 10.1 Å². The number of fused-ring (bicyclic) bond motifs is 4. The summed E-state index contributed by atoms with van der Waals surface area (Å²) >= 11 is 5.53. The standard InChI is InChI=1S/C16H21N3O4S/c1-10-14-12-9-11(19(20)21)5-6-13(12)23-16(10,2)18(15(24)17-14)7-4-8-22-3/h5-6,9-10,14H,4,7-8H2,1-3H3,(H,17,24)/t10-,14+,16-/m0/s1. The molecule has 130 valence electrons. The molecule has 1 N–H and O–H groups in total. The third kappa shape index (κ3) is 2.59. The Bertz CT molecular complexity index is 683.